The van der Waals surface area contributed by atoms with E-state index in [4.69, 9.17) is 0 Å². The van der Waals surface area contributed by atoms with Gasteiger partial charge in [-0.05, 0) is 108 Å². The van der Waals surface area contributed by atoms with E-state index in [9.17, 15) is 14.4 Å². The van der Waals surface area contributed by atoms with Crippen LogP contribution in [0.3, 0.4) is 0 Å². The number of hydrogen-bond acceptors (Lipinski definition) is 6. The molecule has 0 aliphatic rings. The molecule has 0 spiro atoms. The molecule has 0 fully saturated rings. The van der Waals surface area contributed by atoms with Crippen molar-refractivity contribution in [3.8, 4) is 33.8 Å². The van der Waals surface area contributed by atoms with Gasteiger partial charge in [0.05, 0.1) is 40.9 Å². The number of nitrogens with one attached hydrogen (secondary N) is 2. The van der Waals surface area contributed by atoms with Gasteiger partial charge in [-0.2, -0.15) is 0 Å². The minimum Gasteiger partial charge on any atom is -0.321 e. The molecule has 4 aromatic carbocycles. The molecule has 0 aliphatic carbocycles. The highest BCUT2D eigenvalue weighted by atomic mass is 16.2. The van der Waals surface area contributed by atoms with E-state index in [-0.39, 0.29) is 28.9 Å². The van der Waals surface area contributed by atoms with Crippen molar-refractivity contribution in [3.63, 3.8) is 0 Å². The minimum atomic E-state index is -0.484. The van der Waals surface area contributed by atoms with E-state index in [0.717, 1.165) is 53.0 Å². The number of carbonyl (C=O) groups excluding carboxylic acids is 3. The van der Waals surface area contributed by atoms with E-state index in [1.165, 1.54) is 34.9 Å². The van der Waals surface area contributed by atoms with Crippen LogP contribution in [0.2, 0.25) is 0 Å². The number of aromatic nitrogens is 3. The predicted molar refractivity (Wildman–Crippen MR) is 255 cm³/mol. The second-order valence-electron chi connectivity index (χ2n) is 17.6. The zero-order chi connectivity index (χ0) is 44.5. The SMILES string of the molecule is CC(C)Cc1ccc(-c2ccc(CC(=O)c3cc(C(=O)Nc4ccc(-c5ccc(CC(C)C)cc5)nc4)cc(C(=O)Nc4ccc(-c5ccc(CC(C)C)cc5)nc4)c3)cn2)cc1. The van der Waals surface area contributed by atoms with Crippen molar-refractivity contribution in [3.05, 3.63) is 185 Å². The first-order valence-corrected chi connectivity index (χ1v) is 21.8. The molecule has 0 saturated heterocycles. The molecule has 3 aromatic heterocycles. The number of carbonyl (C=O) groups is 3. The summed E-state index contributed by atoms with van der Waals surface area (Å²) in [5.41, 5.74) is 11.3. The van der Waals surface area contributed by atoms with Crippen LogP contribution in [0, 0.1) is 17.8 Å². The molecule has 0 atom stereocenters. The van der Waals surface area contributed by atoms with E-state index in [1.54, 1.807) is 30.7 Å². The Bertz CT molecular complexity index is 2340. The van der Waals surface area contributed by atoms with Crippen LogP contribution in [-0.2, 0) is 25.7 Å². The minimum absolute atomic E-state index is 0.0282. The Balaban J connectivity index is 1.09. The topological polar surface area (TPSA) is 114 Å². The summed E-state index contributed by atoms with van der Waals surface area (Å²) in [6, 6.07) is 40.7. The Labute approximate surface area is 371 Å². The Hall–Kier alpha value is -7.06. The van der Waals surface area contributed by atoms with Gasteiger partial charge in [-0.3, -0.25) is 29.3 Å². The standard InChI is InChI=1S/C55H55N5O3/c1-35(2)25-38-7-14-42(15-8-38)50-22-13-41(32-56-50)28-53(61)45-29-46(54(62)59-48-20-23-51(57-33-48)43-16-9-39(10-17-43)26-36(3)4)31-47(30-45)55(63)60-49-21-24-52(58-34-49)44-18-11-40(12-19-44)27-37(5)6/h7-24,29-37H,25-28H2,1-6H3,(H,59,62)(H,60,63). The maximum Gasteiger partial charge on any atom is 0.255 e. The van der Waals surface area contributed by atoms with Crippen LogP contribution < -0.4 is 10.6 Å². The average molecular weight is 834 g/mol. The number of Topliss-reactive ketones (excluding diaryl/α,β-unsaturated/α-hetero) is 1. The van der Waals surface area contributed by atoms with Crippen molar-refractivity contribution >= 4 is 29.0 Å². The average Bonchev–Trinajstić information content (AvgIpc) is 3.27. The Kier molecular flexibility index (Phi) is 14.1. The Morgan fingerprint density at radius 2 is 0.746 bits per heavy atom. The molecule has 8 nitrogen and oxygen atoms in total. The van der Waals surface area contributed by atoms with Crippen LogP contribution in [0.15, 0.2) is 146 Å². The summed E-state index contributed by atoms with van der Waals surface area (Å²) in [5.74, 6) is 0.477. The lowest BCUT2D eigenvalue weighted by Crippen LogP contribution is -2.18. The maximum atomic E-state index is 13.9. The van der Waals surface area contributed by atoms with E-state index in [2.05, 4.69) is 140 Å². The monoisotopic (exact) mass is 833 g/mol. The largest absolute Gasteiger partial charge is 0.321 e. The molecule has 0 aliphatic heterocycles. The number of benzene rings is 4. The van der Waals surface area contributed by atoms with Crippen LogP contribution in [0.4, 0.5) is 11.4 Å². The van der Waals surface area contributed by atoms with Gasteiger partial charge in [-0.25, -0.2) is 0 Å². The zero-order valence-corrected chi connectivity index (χ0v) is 37.0. The fraction of sp³-hybridized carbons (Fsp3) is 0.236. The van der Waals surface area contributed by atoms with Gasteiger partial charge >= 0.3 is 0 Å². The van der Waals surface area contributed by atoms with Gasteiger partial charge in [-0.15, -0.1) is 0 Å². The normalized spacial score (nSPS) is 11.3. The van der Waals surface area contributed by atoms with Crippen molar-refractivity contribution in [1.29, 1.82) is 0 Å². The fourth-order valence-electron chi connectivity index (χ4n) is 7.57. The molecule has 7 aromatic rings. The second-order valence-corrected chi connectivity index (χ2v) is 17.6. The lowest BCUT2D eigenvalue weighted by molar-refractivity contribution is 0.0992. The lowest BCUT2D eigenvalue weighted by Gasteiger charge is -2.12. The van der Waals surface area contributed by atoms with Crippen LogP contribution in [0.5, 0.6) is 0 Å². The molecule has 3 heterocycles. The first-order valence-electron chi connectivity index (χ1n) is 21.8. The van der Waals surface area contributed by atoms with Gasteiger partial charge in [0.2, 0.25) is 0 Å². The molecular weight excluding hydrogens is 779 g/mol. The maximum absolute atomic E-state index is 13.9. The van der Waals surface area contributed by atoms with E-state index < -0.39 is 11.8 Å². The molecule has 2 N–H and O–H groups in total. The number of rotatable bonds is 16. The van der Waals surface area contributed by atoms with Gasteiger partial charge in [0.1, 0.15) is 0 Å². The number of ketones is 1. The third kappa shape index (κ3) is 12.1. The molecule has 0 unspecified atom stereocenters. The summed E-state index contributed by atoms with van der Waals surface area (Å²) in [6.45, 7) is 13.2. The highest BCUT2D eigenvalue weighted by Crippen LogP contribution is 2.25. The number of amides is 2. The summed E-state index contributed by atoms with van der Waals surface area (Å²) in [6.07, 6.45) is 7.96. The third-order valence-corrected chi connectivity index (χ3v) is 10.7. The summed E-state index contributed by atoms with van der Waals surface area (Å²) in [7, 11) is 0. The summed E-state index contributed by atoms with van der Waals surface area (Å²) in [4.78, 5) is 55.5. The highest BCUT2D eigenvalue weighted by Gasteiger charge is 2.19. The second kappa shape index (κ2) is 20.2. The van der Waals surface area contributed by atoms with Crippen molar-refractivity contribution < 1.29 is 14.4 Å². The van der Waals surface area contributed by atoms with Gasteiger partial charge < -0.3 is 10.6 Å². The summed E-state index contributed by atoms with van der Waals surface area (Å²) < 4.78 is 0. The Morgan fingerprint density at radius 3 is 1.06 bits per heavy atom. The molecule has 318 valence electrons. The molecule has 0 bridgehead atoms. The van der Waals surface area contributed by atoms with Crippen LogP contribution in [0.25, 0.3) is 33.8 Å². The van der Waals surface area contributed by atoms with Crippen molar-refractivity contribution in [2.24, 2.45) is 17.8 Å². The third-order valence-electron chi connectivity index (χ3n) is 10.7. The predicted octanol–water partition coefficient (Wildman–Crippen LogP) is 12.4. The van der Waals surface area contributed by atoms with Gasteiger partial charge in [0.15, 0.2) is 5.78 Å². The van der Waals surface area contributed by atoms with Crippen molar-refractivity contribution in [2.75, 3.05) is 10.6 Å². The highest BCUT2D eigenvalue weighted by molar-refractivity contribution is 6.11. The molecule has 2 amide bonds. The van der Waals surface area contributed by atoms with E-state index in [1.807, 2.05) is 24.3 Å². The molecular formula is C55H55N5O3. The lowest BCUT2D eigenvalue weighted by atomic mass is 9.98. The molecule has 63 heavy (non-hydrogen) atoms. The Morgan fingerprint density at radius 1 is 0.413 bits per heavy atom. The quantitative estimate of drug-likeness (QED) is 0.0937. The molecule has 0 saturated carbocycles. The first-order chi connectivity index (χ1) is 30.3. The van der Waals surface area contributed by atoms with E-state index >= 15 is 0 Å². The van der Waals surface area contributed by atoms with Crippen molar-refractivity contribution in [2.45, 2.75) is 67.2 Å². The van der Waals surface area contributed by atoms with Gasteiger partial charge in [-0.1, -0.05) is 120 Å². The molecule has 7 rings (SSSR count). The molecule has 8 heteroatoms. The van der Waals surface area contributed by atoms with E-state index in [0.29, 0.717) is 34.7 Å². The zero-order valence-electron chi connectivity index (χ0n) is 37.0. The van der Waals surface area contributed by atoms with Crippen LogP contribution >= 0.6 is 0 Å². The smallest absolute Gasteiger partial charge is 0.255 e. The van der Waals surface area contributed by atoms with Crippen LogP contribution in [-0.4, -0.2) is 32.5 Å². The first kappa shape index (κ1) is 44.0. The fourth-order valence-corrected chi connectivity index (χ4v) is 7.57. The molecule has 0 radical (unpaired) electrons. The number of pyridine rings is 3. The van der Waals surface area contributed by atoms with Crippen LogP contribution in [0.1, 0.15) is 94.9 Å². The number of nitrogens with zero attached hydrogens (tertiary/aromatic N) is 3. The van der Waals surface area contributed by atoms with Gasteiger partial charge in [0, 0.05) is 46.0 Å². The van der Waals surface area contributed by atoms with Crippen molar-refractivity contribution in [1.82, 2.24) is 15.0 Å². The number of anilines is 2. The summed E-state index contributed by atoms with van der Waals surface area (Å²) in [5, 5.41) is 5.81. The number of hydrogen-bond donors (Lipinski definition) is 2. The summed E-state index contributed by atoms with van der Waals surface area (Å²) >= 11 is 0. The van der Waals surface area contributed by atoms with Gasteiger partial charge in [0.25, 0.3) is 11.8 Å².